The highest BCUT2D eigenvalue weighted by molar-refractivity contribution is 5.92. The lowest BCUT2D eigenvalue weighted by Crippen LogP contribution is -2.22. The maximum Gasteiger partial charge on any atom is 0.305 e. The lowest BCUT2D eigenvalue weighted by molar-refractivity contribution is -0.139. The summed E-state index contributed by atoms with van der Waals surface area (Å²) in [7, 11) is 0. The summed E-state index contributed by atoms with van der Waals surface area (Å²) in [5.41, 5.74) is 8.66. The average molecular weight is 433 g/mol. The molecule has 0 aliphatic heterocycles. The lowest BCUT2D eigenvalue weighted by Gasteiger charge is -2.28. The SMILES string of the molecule is Cc1cc(C)cc(C2=C(C=CC(O)CC(O)CC(=O)O)C3(CCCC3)c3ccccc32)c1. The molecular weight excluding hydrogens is 400 g/mol. The first kappa shape index (κ1) is 22.5. The second-order valence-electron chi connectivity index (χ2n) is 9.41. The fourth-order valence-corrected chi connectivity index (χ4v) is 5.69. The van der Waals surface area contributed by atoms with E-state index in [9.17, 15) is 15.0 Å². The quantitative estimate of drug-likeness (QED) is 0.571. The smallest absolute Gasteiger partial charge is 0.305 e. The first-order valence-corrected chi connectivity index (χ1v) is 11.5. The Morgan fingerprint density at radius 1 is 1.06 bits per heavy atom. The Bertz CT molecular complexity index is 1050. The van der Waals surface area contributed by atoms with Crippen LogP contribution in [0.15, 0.2) is 60.2 Å². The molecule has 2 aliphatic rings. The van der Waals surface area contributed by atoms with Gasteiger partial charge in [0.25, 0.3) is 0 Å². The molecule has 0 bridgehead atoms. The minimum Gasteiger partial charge on any atom is -0.481 e. The molecule has 2 aliphatic carbocycles. The zero-order valence-electron chi connectivity index (χ0n) is 18.8. The maximum atomic E-state index is 10.8. The van der Waals surface area contributed by atoms with E-state index in [1.807, 2.05) is 6.08 Å². The van der Waals surface area contributed by atoms with E-state index in [-0.39, 0.29) is 18.3 Å². The number of aliphatic carboxylic acids is 1. The fourth-order valence-electron chi connectivity index (χ4n) is 5.69. The highest BCUT2D eigenvalue weighted by atomic mass is 16.4. The molecule has 0 saturated heterocycles. The molecule has 1 saturated carbocycles. The number of hydrogen-bond acceptors (Lipinski definition) is 3. The van der Waals surface area contributed by atoms with Crippen molar-refractivity contribution in [3.8, 4) is 0 Å². The summed E-state index contributed by atoms with van der Waals surface area (Å²) in [6, 6.07) is 15.3. The molecule has 2 unspecified atom stereocenters. The van der Waals surface area contributed by atoms with Gasteiger partial charge in [0.2, 0.25) is 0 Å². The first-order chi connectivity index (χ1) is 15.3. The number of aliphatic hydroxyl groups is 2. The molecule has 1 spiro atoms. The van der Waals surface area contributed by atoms with Crippen molar-refractivity contribution in [2.45, 2.75) is 70.0 Å². The average Bonchev–Trinajstić information content (AvgIpc) is 3.30. The third-order valence-electron chi connectivity index (χ3n) is 6.87. The molecule has 4 nitrogen and oxygen atoms in total. The monoisotopic (exact) mass is 432 g/mol. The molecule has 3 N–H and O–H groups in total. The van der Waals surface area contributed by atoms with E-state index >= 15 is 0 Å². The highest BCUT2D eigenvalue weighted by Gasteiger charge is 2.45. The van der Waals surface area contributed by atoms with Gasteiger partial charge in [0.05, 0.1) is 18.6 Å². The minimum atomic E-state index is -1.07. The number of aryl methyl sites for hydroxylation is 2. The van der Waals surface area contributed by atoms with E-state index in [4.69, 9.17) is 5.11 Å². The van der Waals surface area contributed by atoms with Gasteiger partial charge in [-0.15, -0.1) is 0 Å². The lowest BCUT2D eigenvalue weighted by atomic mass is 9.75. The Kier molecular flexibility index (Phi) is 6.36. The van der Waals surface area contributed by atoms with Crippen molar-refractivity contribution in [1.82, 2.24) is 0 Å². The second-order valence-corrected chi connectivity index (χ2v) is 9.41. The Hall–Kier alpha value is -2.69. The van der Waals surface area contributed by atoms with Gasteiger partial charge in [-0.05, 0) is 54.5 Å². The van der Waals surface area contributed by atoms with E-state index < -0.39 is 18.2 Å². The van der Waals surface area contributed by atoms with Gasteiger partial charge in [0.15, 0.2) is 0 Å². The summed E-state index contributed by atoms with van der Waals surface area (Å²) in [4.78, 5) is 10.8. The molecule has 168 valence electrons. The zero-order valence-corrected chi connectivity index (χ0v) is 18.8. The Morgan fingerprint density at radius 2 is 1.72 bits per heavy atom. The molecule has 0 radical (unpaired) electrons. The van der Waals surface area contributed by atoms with Crippen LogP contribution in [0.4, 0.5) is 0 Å². The summed E-state index contributed by atoms with van der Waals surface area (Å²) in [6.07, 6.45) is 5.95. The summed E-state index contributed by atoms with van der Waals surface area (Å²) in [5.74, 6) is -1.07. The number of carbonyl (C=O) groups is 1. The van der Waals surface area contributed by atoms with Gasteiger partial charge in [-0.1, -0.05) is 78.6 Å². The minimum absolute atomic E-state index is 0.00884. The summed E-state index contributed by atoms with van der Waals surface area (Å²) >= 11 is 0. The van der Waals surface area contributed by atoms with E-state index in [1.54, 1.807) is 6.08 Å². The van der Waals surface area contributed by atoms with Crippen LogP contribution in [-0.4, -0.2) is 33.5 Å². The van der Waals surface area contributed by atoms with Crippen molar-refractivity contribution >= 4 is 11.5 Å². The predicted octanol–water partition coefficient (Wildman–Crippen LogP) is 5.07. The van der Waals surface area contributed by atoms with Crippen molar-refractivity contribution in [3.05, 3.63) is 88.0 Å². The van der Waals surface area contributed by atoms with Crippen molar-refractivity contribution < 1.29 is 20.1 Å². The summed E-state index contributed by atoms with van der Waals surface area (Å²) in [5, 5.41) is 29.3. The van der Waals surface area contributed by atoms with Gasteiger partial charge in [-0.25, -0.2) is 0 Å². The van der Waals surface area contributed by atoms with Gasteiger partial charge in [-0.3, -0.25) is 4.79 Å². The number of rotatable bonds is 7. The number of aliphatic hydroxyl groups excluding tert-OH is 2. The molecular formula is C28H32O4. The molecule has 2 aromatic carbocycles. The van der Waals surface area contributed by atoms with Crippen LogP contribution in [0.2, 0.25) is 0 Å². The van der Waals surface area contributed by atoms with Crippen LogP contribution in [0, 0.1) is 13.8 Å². The van der Waals surface area contributed by atoms with Crippen LogP contribution < -0.4 is 0 Å². The third-order valence-corrected chi connectivity index (χ3v) is 6.87. The zero-order chi connectivity index (χ0) is 22.9. The molecule has 0 aromatic heterocycles. The molecule has 2 atom stereocenters. The van der Waals surface area contributed by atoms with Crippen LogP contribution in [0.5, 0.6) is 0 Å². The molecule has 2 aromatic rings. The van der Waals surface area contributed by atoms with Gasteiger partial charge in [-0.2, -0.15) is 0 Å². The maximum absolute atomic E-state index is 10.8. The largest absolute Gasteiger partial charge is 0.481 e. The van der Waals surface area contributed by atoms with Gasteiger partial charge < -0.3 is 15.3 Å². The van der Waals surface area contributed by atoms with Crippen molar-refractivity contribution in [3.63, 3.8) is 0 Å². The second kappa shape index (κ2) is 9.05. The van der Waals surface area contributed by atoms with E-state index in [2.05, 4.69) is 56.3 Å². The molecule has 4 heteroatoms. The Balaban J connectivity index is 1.80. The number of carboxylic acids is 1. The van der Waals surface area contributed by atoms with E-state index in [0.29, 0.717) is 0 Å². The van der Waals surface area contributed by atoms with Crippen LogP contribution >= 0.6 is 0 Å². The highest BCUT2D eigenvalue weighted by Crippen LogP contribution is 2.57. The number of allylic oxidation sites excluding steroid dienone is 2. The van der Waals surface area contributed by atoms with Gasteiger partial charge in [0, 0.05) is 11.8 Å². The van der Waals surface area contributed by atoms with Crippen molar-refractivity contribution in [1.29, 1.82) is 0 Å². The number of benzene rings is 2. The Labute approximate surface area is 189 Å². The molecule has 1 fully saturated rings. The van der Waals surface area contributed by atoms with Gasteiger partial charge >= 0.3 is 5.97 Å². The van der Waals surface area contributed by atoms with Crippen LogP contribution in [-0.2, 0) is 10.2 Å². The van der Waals surface area contributed by atoms with Crippen molar-refractivity contribution in [2.24, 2.45) is 0 Å². The van der Waals surface area contributed by atoms with Crippen LogP contribution in [0.25, 0.3) is 5.57 Å². The number of fused-ring (bicyclic) bond motifs is 2. The van der Waals surface area contributed by atoms with E-state index in [1.165, 1.54) is 51.8 Å². The summed E-state index contributed by atoms with van der Waals surface area (Å²) in [6.45, 7) is 4.23. The number of hydrogen-bond donors (Lipinski definition) is 3. The standard InChI is InChI=1S/C28H32O4/c1-18-13-19(2)15-20(14-18)27-23-7-3-4-8-24(23)28(11-5-6-12-28)25(27)10-9-21(29)16-22(30)17-26(31)32/h3-4,7-10,13-15,21-22,29-30H,5-6,11-12,16-17H2,1-2H3,(H,31,32). The molecule has 0 amide bonds. The first-order valence-electron chi connectivity index (χ1n) is 11.5. The van der Waals surface area contributed by atoms with Crippen LogP contribution in [0.3, 0.4) is 0 Å². The van der Waals surface area contributed by atoms with E-state index in [0.717, 1.165) is 12.8 Å². The molecule has 32 heavy (non-hydrogen) atoms. The topological polar surface area (TPSA) is 77.8 Å². The number of carboxylic acid groups (broad SMARTS) is 1. The molecule has 0 heterocycles. The third kappa shape index (κ3) is 4.30. The Morgan fingerprint density at radius 3 is 2.38 bits per heavy atom. The normalized spacial score (nSPS) is 19.0. The van der Waals surface area contributed by atoms with Crippen LogP contribution in [0.1, 0.15) is 66.3 Å². The fraction of sp³-hybridized carbons (Fsp3) is 0.393. The van der Waals surface area contributed by atoms with Gasteiger partial charge in [0.1, 0.15) is 0 Å². The van der Waals surface area contributed by atoms with Crippen molar-refractivity contribution in [2.75, 3.05) is 0 Å². The molecule has 4 rings (SSSR count). The predicted molar refractivity (Wildman–Crippen MR) is 127 cm³/mol. The summed E-state index contributed by atoms with van der Waals surface area (Å²) < 4.78 is 0.